The lowest BCUT2D eigenvalue weighted by molar-refractivity contribution is -0.139. The Bertz CT molecular complexity index is 1560. The lowest BCUT2D eigenvalue weighted by atomic mass is 10.1. The zero-order valence-electron chi connectivity index (χ0n) is 26.2. The van der Waals surface area contributed by atoms with Gasteiger partial charge in [-0.05, 0) is 55.7 Å². The second-order valence-corrected chi connectivity index (χ2v) is 11.8. The summed E-state index contributed by atoms with van der Waals surface area (Å²) in [6.07, 6.45) is 0.719. The van der Waals surface area contributed by atoms with Crippen LogP contribution in [-0.4, -0.2) is 72.7 Å². The number of hydrogen-bond donors (Lipinski definition) is 1. The summed E-state index contributed by atoms with van der Waals surface area (Å²) in [4.78, 5) is 28.6. The number of carbonyl (C=O) groups excluding carboxylic acids is 2. The molecule has 1 unspecified atom stereocenters. The molecule has 0 fully saturated rings. The van der Waals surface area contributed by atoms with Gasteiger partial charge in [-0.15, -0.1) is 0 Å². The van der Waals surface area contributed by atoms with E-state index in [0.717, 1.165) is 21.9 Å². The van der Waals surface area contributed by atoms with Gasteiger partial charge in [-0.2, -0.15) is 0 Å². The first-order chi connectivity index (χ1) is 21.0. The van der Waals surface area contributed by atoms with Crippen LogP contribution in [0.5, 0.6) is 23.0 Å². The molecule has 12 heteroatoms. The molecule has 0 aliphatic carbocycles. The predicted octanol–water partition coefficient (Wildman–Crippen LogP) is 4.17. The summed E-state index contributed by atoms with van der Waals surface area (Å²) in [5, 5.41) is 2.84. The molecule has 0 spiro atoms. The third-order valence-electron chi connectivity index (χ3n) is 7.20. The SMILES string of the molecule is CCCNC(=O)C(C)N(Cc1ccccc1C)C(=O)CN(c1cc(OC)ccc1OC)S(=O)(=O)c1ccc(OC)c(OC)c1. The summed E-state index contributed by atoms with van der Waals surface area (Å²) in [7, 11) is 1.27. The van der Waals surface area contributed by atoms with Crippen molar-refractivity contribution < 1.29 is 37.0 Å². The van der Waals surface area contributed by atoms with Gasteiger partial charge in [0, 0.05) is 25.2 Å². The van der Waals surface area contributed by atoms with Crippen LogP contribution in [-0.2, 0) is 26.2 Å². The van der Waals surface area contributed by atoms with Crippen molar-refractivity contribution in [2.75, 3.05) is 45.8 Å². The molecule has 0 radical (unpaired) electrons. The number of sulfonamides is 1. The van der Waals surface area contributed by atoms with Crippen molar-refractivity contribution >= 4 is 27.5 Å². The van der Waals surface area contributed by atoms with Crippen LogP contribution in [0.2, 0.25) is 0 Å². The minimum absolute atomic E-state index is 0.0777. The maximum Gasteiger partial charge on any atom is 0.265 e. The first kappa shape index (κ1) is 34.0. The second kappa shape index (κ2) is 15.3. The number of benzene rings is 3. The number of ether oxygens (including phenoxy) is 4. The molecule has 0 saturated heterocycles. The molecule has 2 amide bonds. The van der Waals surface area contributed by atoms with Crippen LogP contribution in [0.25, 0.3) is 0 Å². The molecule has 0 aromatic heterocycles. The van der Waals surface area contributed by atoms with Crippen LogP contribution in [0, 0.1) is 6.92 Å². The first-order valence-electron chi connectivity index (χ1n) is 14.1. The first-order valence-corrected chi connectivity index (χ1v) is 15.5. The van der Waals surface area contributed by atoms with Gasteiger partial charge in [-0.1, -0.05) is 31.2 Å². The summed E-state index contributed by atoms with van der Waals surface area (Å²) in [6, 6.07) is 15.4. The van der Waals surface area contributed by atoms with Gasteiger partial charge in [0.05, 0.1) is 39.0 Å². The molecule has 44 heavy (non-hydrogen) atoms. The van der Waals surface area contributed by atoms with E-state index in [2.05, 4.69) is 5.32 Å². The van der Waals surface area contributed by atoms with Crippen molar-refractivity contribution in [2.24, 2.45) is 0 Å². The highest BCUT2D eigenvalue weighted by Gasteiger charge is 2.34. The quantitative estimate of drug-likeness (QED) is 0.266. The van der Waals surface area contributed by atoms with Crippen LogP contribution in [0.1, 0.15) is 31.4 Å². The third kappa shape index (κ3) is 7.73. The molecule has 11 nitrogen and oxygen atoms in total. The zero-order valence-corrected chi connectivity index (χ0v) is 27.1. The fourth-order valence-corrected chi connectivity index (χ4v) is 5.99. The summed E-state index contributed by atoms with van der Waals surface area (Å²) >= 11 is 0. The highest BCUT2D eigenvalue weighted by Crippen LogP contribution is 2.37. The van der Waals surface area contributed by atoms with E-state index < -0.39 is 28.5 Å². The largest absolute Gasteiger partial charge is 0.497 e. The number of carbonyl (C=O) groups is 2. The minimum Gasteiger partial charge on any atom is -0.497 e. The van der Waals surface area contributed by atoms with Crippen LogP contribution >= 0.6 is 0 Å². The lowest BCUT2D eigenvalue weighted by Gasteiger charge is -2.32. The Balaban J connectivity index is 2.17. The molecule has 3 rings (SSSR count). The smallest absolute Gasteiger partial charge is 0.265 e. The van der Waals surface area contributed by atoms with E-state index in [1.165, 1.54) is 57.6 Å². The summed E-state index contributed by atoms with van der Waals surface area (Å²) in [5.74, 6) is 0.138. The topological polar surface area (TPSA) is 124 Å². The Morgan fingerprint density at radius 2 is 1.52 bits per heavy atom. The molecular formula is C32H41N3O8S. The molecule has 0 bridgehead atoms. The number of anilines is 1. The fraction of sp³-hybridized carbons (Fsp3) is 0.375. The Hall–Kier alpha value is -4.45. The fourth-order valence-electron chi connectivity index (χ4n) is 4.56. The number of amides is 2. The van der Waals surface area contributed by atoms with Crippen LogP contribution in [0.3, 0.4) is 0 Å². The monoisotopic (exact) mass is 627 g/mol. The van der Waals surface area contributed by atoms with Crippen molar-refractivity contribution in [3.8, 4) is 23.0 Å². The highest BCUT2D eigenvalue weighted by atomic mass is 32.2. The summed E-state index contributed by atoms with van der Waals surface area (Å²) < 4.78 is 51.2. The Labute approximate surface area is 259 Å². The van der Waals surface area contributed by atoms with E-state index in [9.17, 15) is 18.0 Å². The van der Waals surface area contributed by atoms with Crippen LogP contribution < -0.4 is 28.6 Å². The summed E-state index contributed by atoms with van der Waals surface area (Å²) in [5.41, 5.74) is 1.83. The number of nitrogens with one attached hydrogen (secondary N) is 1. The van der Waals surface area contributed by atoms with Crippen molar-refractivity contribution in [3.63, 3.8) is 0 Å². The van der Waals surface area contributed by atoms with Crippen molar-refractivity contribution in [1.82, 2.24) is 10.2 Å². The second-order valence-electron chi connectivity index (χ2n) is 9.98. The highest BCUT2D eigenvalue weighted by molar-refractivity contribution is 7.92. The standard InChI is InChI=1S/C32H41N3O8S/c1-8-17-33-32(37)23(3)34(20-24-12-10-9-11-22(24)2)31(36)21-35(27-18-25(40-4)13-15-28(27)41-5)44(38,39)26-14-16-29(42-6)30(19-26)43-7/h9-16,18-19,23H,8,17,20-21H2,1-7H3,(H,33,37). The molecule has 0 aliphatic rings. The Morgan fingerprint density at radius 1 is 0.864 bits per heavy atom. The molecular weight excluding hydrogens is 586 g/mol. The average molecular weight is 628 g/mol. The molecule has 0 saturated carbocycles. The third-order valence-corrected chi connectivity index (χ3v) is 8.95. The number of hydrogen-bond acceptors (Lipinski definition) is 8. The average Bonchev–Trinajstić information content (AvgIpc) is 3.04. The van der Waals surface area contributed by atoms with Gasteiger partial charge in [0.2, 0.25) is 11.8 Å². The van der Waals surface area contributed by atoms with Gasteiger partial charge >= 0.3 is 0 Å². The van der Waals surface area contributed by atoms with E-state index >= 15 is 0 Å². The van der Waals surface area contributed by atoms with Gasteiger partial charge in [-0.25, -0.2) is 8.42 Å². The summed E-state index contributed by atoms with van der Waals surface area (Å²) in [6.45, 7) is 5.36. The number of aryl methyl sites for hydroxylation is 1. The lowest BCUT2D eigenvalue weighted by Crippen LogP contribution is -2.51. The normalized spacial score (nSPS) is 11.7. The van der Waals surface area contributed by atoms with Gasteiger partial charge in [0.1, 0.15) is 24.1 Å². The maximum atomic E-state index is 14.4. The van der Waals surface area contributed by atoms with Gasteiger partial charge in [0.15, 0.2) is 11.5 Å². The Morgan fingerprint density at radius 3 is 2.14 bits per heavy atom. The maximum absolute atomic E-state index is 14.4. The number of methoxy groups -OCH3 is 4. The zero-order chi connectivity index (χ0) is 32.4. The molecule has 3 aromatic carbocycles. The minimum atomic E-state index is -4.42. The Kier molecular flexibility index (Phi) is 11.9. The molecule has 1 N–H and O–H groups in total. The van der Waals surface area contributed by atoms with Crippen LogP contribution in [0.4, 0.5) is 5.69 Å². The van der Waals surface area contributed by atoms with E-state index in [1.54, 1.807) is 19.1 Å². The van der Waals surface area contributed by atoms with Crippen LogP contribution in [0.15, 0.2) is 65.6 Å². The number of rotatable bonds is 15. The molecule has 3 aromatic rings. The van der Waals surface area contributed by atoms with Gasteiger partial charge in [0.25, 0.3) is 10.0 Å². The van der Waals surface area contributed by atoms with E-state index in [0.29, 0.717) is 18.0 Å². The van der Waals surface area contributed by atoms with Crippen molar-refractivity contribution in [3.05, 3.63) is 71.8 Å². The molecule has 0 heterocycles. The van der Waals surface area contributed by atoms with E-state index in [1.807, 2.05) is 38.1 Å². The van der Waals surface area contributed by atoms with Crippen molar-refractivity contribution in [1.29, 1.82) is 0 Å². The van der Waals surface area contributed by atoms with Gasteiger partial charge < -0.3 is 29.2 Å². The van der Waals surface area contributed by atoms with Gasteiger partial charge in [-0.3, -0.25) is 13.9 Å². The molecule has 238 valence electrons. The van der Waals surface area contributed by atoms with Crippen molar-refractivity contribution in [2.45, 2.75) is 44.7 Å². The predicted molar refractivity (Wildman–Crippen MR) is 168 cm³/mol. The number of nitrogens with zero attached hydrogens (tertiary/aromatic N) is 2. The molecule has 0 aliphatic heterocycles. The molecule has 1 atom stereocenters. The van der Waals surface area contributed by atoms with E-state index in [4.69, 9.17) is 18.9 Å². The van der Waals surface area contributed by atoms with E-state index in [-0.39, 0.29) is 34.5 Å².